The van der Waals surface area contributed by atoms with Crippen molar-refractivity contribution in [2.75, 3.05) is 19.6 Å². The summed E-state index contributed by atoms with van der Waals surface area (Å²) >= 11 is 0. The smallest absolute Gasteiger partial charge is 0.317 e. The van der Waals surface area contributed by atoms with Gasteiger partial charge in [-0.1, -0.05) is 18.2 Å². The Labute approximate surface area is 152 Å². The lowest BCUT2D eigenvalue weighted by atomic mass is 9.77. The number of rotatable bonds is 5. The number of aliphatic carboxylic acids is 1. The van der Waals surface area contributed by atoms with Crippen LogP contribution in [0.1, 0.15) is 22.3 Å². The van der Waals surface area contributed by atoms with Crippen molar-refractivity contribution < 1.29 is 19.0 Å². The van der Waals surface area contributed by atoms with E-state index in [9.17, 15) is 9.18 Å². The molecule has 0 aromatic heterocycles. The van der Waals surface area contributed by atoms with E-state index in [4.69, 9.17) is 9.84 Å². The number of benzene rings is 2. The number of halogens is 1. The SMILES string of the molecule is Cc1cccc(F)c1COc1ccc2c(c1)CC1(C2)CN(CC(=O)O)C1. The van der Waals surface area contributed by atoms with E-state index in [0.717, 1.165) is 37.2 Å². The molecule has 4 rings (SSSR count). The first-order chi connectivity index (χ1) is 12.4. The molecule has 2 aromatic rings. The van der Waals surface area contributed by atoms with Gasteiger partial charge in [0.1, 0.15) is 18.2 Å². The quantitative estimate of drug-likeness (QED) is 0.895. The zero-order chi connectivity index (χ0) is 18.3. The summed E-state index contributed by atoms with van der Waals surface area (Å²) in [7, 11) is 0. The van der Waals surface area contributed by atoms with Crippen molar-refractivity contribution in [3.63, 3.8) is 0 Å². The normalized spacial score (nSPS) is 17.8. The number of carboxylic acids is 1. The van der Waals surface area contributed by atoms with E-state index >= 15 is 0 Å². The molecule has 0 bridgehead atoms. The highest BCUT2D eigenvalue weighted by Crippen LogP contribution is 2.44. The zero-order valence-corrected chi connectivity index (χ0v) is 14.8. The molecule has 4 nitrogen and oxygen atoms in total. The molecule has 0 amide bonds. The van der Waals surface area contributed by atoms with Gasteiger partial charge >= 0.3 is 5.97 Å². The fraction of sp³-hybridized carbons (Fsp3) is 0.381. The van der Waals surface area contributed by atoms with Crippen LogP contribution in [0.3, 0.4) is 0 Å². The number of fused-ring (bicyclic) bond motifs is 1. The summed E-state index contributed by atoms with van der Waals surface area (Å²) in [6, 6.07) is 11.1. The van der Waals surface area contributed by atoms with E-state index in [1.807, 2.05) is 24.0 Å². The maximum absolute atomic E-state index is 13.9. The third kappa shape index (κ3) is 3.19. The number of aryl methyl sites for hydroxylation is 1. The number of hydrogen-bond donors (Lipinski definition) is 1. The molecule has 2 aromatic carbocycles. The van der Waals surface area contributed by atoms with Crippen molar-refractivity contribution in [2.24, 2.45) is 5.41 Å². The lowest BCUT2D eigenvalue weighted by molar-refractivity contribution is -0.141. The Morgan fingerprint density at radius 1 is 1.23 bits per heavy atom. The average molecular weight is 355 g/mol. The minimum Gasteiger partial charge on any atom is -0.489 e. The fourth-order valence-corrected chi connectivity index (χ4v) is 4.33. The Balaban J connectivity index is 1.41. The number of carbonyl (C=O) groups is 1. The maximum atomic E-state index is 13.9. The third-order valence-corrected chi connectivity index (χ3v) is 5.52. The number of carboxylic acid groups (broad SMARTS) is 1. The van der Waals surface area contributed by atoms with Crippen LogP contribution in [-0.4, -0.2) is 35.6 Å². The van der Waals surface area contributed by atoms with Crippen LogP contribution in [0.5, 0.6) is 5.75 Å². The van der Waals surface area contributed by atoms with Gasteiger partial charge in [0.05, 0.1) is 6.54 Å². The molecule has 1 aliphatic carbocycles. The van der Waals surface area contributed by atoms with Crippen LogP contribution in [-0.2, 0) is 24.2 Å². The second-order valence-corrected chi connectivity index (χ2v) is 7.65. The van der Waals surface area contributed by atoms with E-state index in [2.05, 4.69) is 12.1 Å². The van der Waals surface area contributed by atoms with Gasteiger partial charge in [0, 0.05) is 24.1 Å². The first-order valence-electron chi connectivity index (χ1n) is 8.87. The van der Waals surface area contributed by atoms with Gasteiger partial charge in [0.15, 0.2) is 0 Å². The minimum atomic E-state index is -0.769. The van der Waals surface area contributed by atoms with E-state index in [0.29, 0.717) is 5.56 Å². The van der Waals surface area contributed by atoms with Crippen molar-refractivity contribution in [3.8, 4) is 5.75 Å². The minimum absolute atomic E-state index is 0.119. The van der Waals surface area contributed by atoms with Crippen LogP contribution < -0.4 is 4.74 Å². The van der Waals surface area contributed by atoms with Crippen LogP contribution in [0.2, 0.25) is 0 Å². The summed E-state index contributed by atoms with van der Waals surface area (Å²) < 4.78 is 19.8. The topological polar surface area (TPSA) is 49.8 Å². The Morgan fingerprint density at radius 3 is 2.73 bits per heavy atom. The molecule has 2 aliphatic rings. The van der Waals surface area contributed by atoms with Gasteiger partial charge in [0.25, 0.3) is 0 Å². The molecule has 1 aliphatic heterocycles. The van der Waals surface area contributed by atoms with E-state index < -0.39 is 5.97 Å². The van der Waals surface area contributed by atoms with Gasteiger partial charge < -0.3 is 9.84 Å². The lowest BCUT2D eigenvalue weighted by Gasteiger charge is -2.47. The molecule has 1 saturated heterocycles. The second kappa shape index (κ2) is 6.40. The predicted octanol–water partition coefficient (Wildman–Crippen LogP) is 3.20. The van der Waals surface area contributed by atoms with Gasteiger partial charge in [-0.25, -0.2) is 4.39 Å². The van der Waals surface area contributed by atoms with Crippen LogP contribution in [0.4, 0.5) is 4.39 Å². The molecule has 26 heavy (non-hydrogen) atoms. The lowest BCUT2D eigenvalue weighted by Crippen LogP contribution is -2.58. The molecule has 1 N–H and O–H groups in total. The van der Waals surface area contributed by atoms with Gasteiger partial charge in [-0.15, -0.1) is 0 Å². The summed E-state index contributed by atoms with van der Waals surface area (Å²) in [5.41, 5.74) is 4.24. The summed E-state index contributed by atoms with van der Waals surface area (Å²) in [5, 5.41) is 8.90. The molecule has 136 valence electrons. The third-order valence-electron chi connectivity index (χ3n) is 5.52. The van der Waals surface area contributed by atoms with Crippen molar-refractivity contribution in [1.29, 1.82) is 0 Å². The molecule has 1 fully saturated rings. The maximum Gasteiger partial charge on any atom is 0.317 e. The molecule has 0 atom stereocenters. The second-order valence-electron chi connectivity index (χ2n) is 7.65. The van der Waals surface area contributed by atoms with Crippen molar-refractivity contribution >= 4 is 5.97 Å². The number of ether oxygens (including phenoxy) is 1. The van der Waals surface area contributed by atoms with E-state index in [1.165, 1.54) is 17.2 Å². The standard InChI is InChI=1S/C21H22FNO3/c1-14-3-2-4-19(22)18(14)11-26-17-6-5-15-8-21(9-16(15)7-17)12-23(13-21)10-20(24)25/h2-7H,8-13H2,1H3,(H,24,25). The van der Waals surface area contributed by atoms with Crippen molar-refractivity contribution in [3.05, 3.63) is 64.5 Å². The highest BCUT2D eigenvalue weighted by atomic mass is 19.1. The van der Waals surface area contributed by atoms with Crippen LogP contribution in [0.15, 0.2) is 36.4 Å². The number of nitrogens with zero attached hydrogens (tertiary/aromatic N) is 1. The highest BCUT2D eigenvalue weighted by Gasteiger charge is 2.47. The summed E-state index contributed by atoms with van der Waals surface area (Å²) in [6.45, 7) is 3.88. The Bertz CT molecular complexity index is 838. The fourth-order valence-electron chi connectivity index (χ4n) is 4.33. The van der Waals surface area contributed by atoms with Crippen molar-refractivity contribution in [2.45, 2.75) is 26.4 Å². The monoisotopic (exact) mass is 355 g/mol. The predicted molar refractivity (Wildman–Crippen MR) is 95.8 cm³/mol. The Kier molecular flexibility index (Phi) is 4.19. The highest BCUT2D eigenvalue weighted by molar-refractivity contribution is 5.69. The van der Waals surface area contributed by atoms with Crippen LogP contribution in [0.25, 0.3) is 0 Å². The van der Waals surface area contributed by atoms with Crippen LogP contribution in [0, 0.1) is 18.2 Å². The van der Waals surface area contributed by atoms with Gasteiger partial charge in [-0.3, -0.25) is 9.69 Å². The molecule has 1 spiro atoms. The first-order valence-corrected chi connectivity index (χ1v) is 8.87. The molecule has 1 heterocycles. The number of hydrogen-bond acceptors (Lipinski definition) is 3. The largest absolute Gasteiger partial charge is 0.489 e. The zero-order valence-electron chi connectivity index (χ0n) is 14.8. The molecule has 0 unspecified atom stereocenters. The summed E-state index contributed by atoms with van der Waals surface area (Å²) in [4.78, 5) is 12.8. The summed E-state index contributed by atoms with van der Waals surface area (Å²) in [5.74, 6) is -0.252. The van der Waals surface area contributed by atoms with E-state index in [1.54, 1.807) is 6.07 Å². The summed E-state index contributed by atoms with van der Waals surface area (Å²) in [6.07, 6.45) is 1.94. The Morgan fingerprint density at radius 2 is 2.00 bits per heavy atom. The van der Waals surface area contributed by atoms with Gasteiger partial charge in [0.2, 0.25) is 0 Å². The molecular weight excluding hydrogens is 333 g/mol. The average Bonchev–Trinajstić information content (AvgIpc) is 2.92. The van der Waals surface area contributed by atoms with Crippen molar-refractivity contribution in [1.82, 2.24) is 4.90 Å². The number of likely N-dealkylation sites (tertiary alicyclic amines) is 1. The first kappa shape index (κ1) is 17.0. The molecule has 0 radical (unpaired) electrons. The molecule has 5 heteroatoms. The van der Waals surface area contributed by atoms with Gasteiger partial charge in [-0.2, -0.15) is 0 Å². The molecular formula is C21H22FNO3. The van der Waals surface area contributed by atoms with Crippen LogP contribution >= 0.6 is 0 Å². The van der Waals surface area contributed by atoms with E-state index in [-0.39, 0.29) is 24.4 Å². The molecule has 0 saturated carbocycles. The Hall–Kier alpha value is -2.40. The van der Waals surface area contributed by atoms with Gasteiger partial charge in [-0.05, 0) is 54.7 Å².